The van der Waals surface area contributed by atoms with E-state index in [0.717, 1.165) is 23.2 Å². The molecule has 0 atom stereocenters. The molecular weight excluding hydrogens is 286 g/mol. The maximum Gasteiger partial charge on any atom is 0.251 e. The van der Waals surface area contributed by atoms with Crippen LogP contribution in [0.4, 0.5) is 5.13 Å². The number of benzene rings is 1. The Labute approximate surface area is 126 Å². The van der Waals surface area contributed by atoms with Crippen molar-refractivity contribution < 1.29 is 4.79 Å². The number of aryl methyl sites for hydroxylation is 1. The van der Waals surface area contributed by atoms with E-state index in [9.17, 15) is 4.79 Å². The number of nitriles is 1. The fraction of sp³-hybridized carbons (Fsp3) is 0.286. The summed E-state index contributed by atoms with van der Waals surface area (Å²) in [5.41, 5.74) is 1.00. The molecule has 0 bridgehead atoms. The first-order chi connectivity index (χ1) is 10.2. The van der Waals surface area contributed by atoms with E-state index in [1.807, 2.05) is 13.0 Å². The highest BCUT2D eigenvalue weighted by atomic mass is 32.1. The predicted molar refractivity (Wildman–Crippen MR) is 79.3 cm³/mol. The van der Waals surface area contributed by atoms with Gasteiger partial charge in [-0.3, -0.25) is 4.79 Å². The summed E-state index contributed by atoms with van der Waals surface area (Å²) in [6, 6.07) is 8.84. The third-order valence-corrected chi connectivity index (χ3v) is 4.16. The molecular formula is C14H13N5OS. The topological polar surface area (TPSA) is 81.9 Å². The van der Waals surface area contributed by atoms with Crippen LogP contribution in [0.15, 0.2) is 24.3 Å². The van der Waals surface area contributed by atoms with Gasteiger partial charge in [0.2, 0.25) is 5.13 Å². The molecule has 1 fully saturated rings. The Balaban J connectivity index is 1.56. The molecule has 2 heterocycles. The van der Waals surface area contributed by atoms with Gasteiger partial charge in [0, 0.05) is 18.7 Å². The lowest BCUT2D eigenvalue weighted by atomic mass is 10.1. The summed E-state index contributed by atoms with van der Waals surface area (Å²) < 4.78 is 0. The highest BCUT2D eigenvalue weighted by Crippen LogP contribution is 2.24. The third-order valence-electron chi connectivity index (χ3n) is 3.26. The van der Waals surface area contributed by atoms with Gasteiger partial charge < -0.3 is 10.2 Å². The molecule has 6 nitrogen and oxygen atoms in total. The predicted octanol–water partition coefficient (Wildman–Crippen LogP) is 1.34. The molecule has 1 N–H and O–H groups in total. The largest absolute Gasteiger partial charge is 0.346 e. The monoisotopic (exact) mass is 299 g/mol. The highest BCUT2D eigenvalue weighted by molar-refractivity contribution is 7.15. The normalized spacial score (nSPS) is 14.4. The number of hydrogen-bond donors (Lipinski definition) is 1. The molecule has 0 aliphatic carbocycles. The smallest absolute Gasteiger partial charge is 0.251 e. The Hall–Kier alpha value is -2.46. The number of aromatic nitrogens is 2. The first kappa shape index (κ1) is 13.5. The van der Waals surface area contributed by atoms with Crippen LogP contribution in [-0.2, 0) is 0 Å². The molecule has 0 radical (unpaired) electrons. The molecule has 1 saturated heterocycles. The van der Waals surface area contributed by atoms with E-state index in [-0.39, 0.29) is 11.9 Å². The molecule has 1 aliphatic heterocycles. The molecule has 0 spiro atoms. The first-order valence-electron chi connectivity index (χ1n) is 6.52. The van der Waals surface area contributed by atoms with Crippen LogP contribution in [0.3, 0.4) is 0 Å². The molecule has 7 heteroatoms. The van der Waals surface area contributed by atoms with Crippen LogP contribution in [0.25, 0.3) is 0 Å². The fourth-order valence-electron chi connectivity index (χ4n) is 2.14. The van der Waals surface area contributed by atoms with E-state index in [1.54, 1.807) is 35.6 Å². The number of amides is 1. The van der Waals surface area contributed by atoms with E-state index in [1.165, 1.54) is 0 Å². The third kappa shape index (κ3) is 2.85. The molecule has 2 aromatic rings. The number of carbonyl (C=O) groups excluding carboxylic acids is 1. The fourth-order valence-corrected chi connectivity index (χ4v) is 2.84. The molecule has 1 aliphatic rings. The van der Waals surface area contributed by atoms with E-state index in [2.05, 4.69) is 20.4 Å². The van der Waals surface area contributed by atoms with Gasteiger partial charge in [-0.1, -0.05) is 17.4 Å². The van der Waals surface area contributed by atoms with Crippen molar-refractivity contribution >= 4 is 22.4 Å². The van der Waals surface area contributed by atoms with Gasteiger partial charge >= 0.3 is 0 Å². The minimum absolute atomic E-state index is 0.104. The van der Waals surface area contributed by atoms with E-state index in [0.29, 0.717) is 11.1 Å². The second-order valence-corrected chi connectivity index (χ2v) is 6.03. The van der Waals surface area contributed by atoms with Crippen molar-refractivity contribution in [2.45, 2.75) is 13.0 Å². The van der Waals surface area contributed by atoms with Gasteiger partial charge in [0.05, 0.1) is 17.7 Å². The maximum absolute atomic E-state index is 12.1. The zero-order chi connectivity index (χ0) is 14.8. The summed E-state index contributed by atoms with van der Waals surface area (Å²) in [7, 11) is 0. The van der Waals surface area contributed by atoms with Gasteiger partial charge in [0.15, 0.2) is 0 Å². The maximum atomic E-state index is 12.1. The molecule has 21 heavy (non-hydrogen) atoms. The average molecular weight is 299 g/mol. The van der Waals surface area contributed by atoms with Crippen molar-refractivity contribution in [3.8, 4) is 6.07 Å². The van der Waals surface area contributed by atoms with E-state index >= 15 is 0 Å². The summed E-state index contributed by atoms with van der Waals surface area (Å²) in [6.07, 6.45) is 0. The minimum atomic E-state index is -0.148. The number of hydrogen-bond acceptors (Lipinski definition) is 6. The minimum Gasteiger partial charge on any atom is -0.346 e. The van der Waals surface area contributed by atoms with Crippen molar-refractivity contribution in [3.05, 3.63) is 40.4 Å². The van der Waals surface area contributed by atoms with Gasteiger partial charge in [0.25, 0.3) is 5.91 Å². The second-order valence-electron chi connectivity index (χ2n) is 4.87. The number of nitrogens with zero attached hydrogens (tertiary/aromatic N) is 4. The van der Waals surface area contributed by atoms with Gasteiger partial charge in [-0.05, 0) is 25.1 Å². The molecule has 106 valence electrons. The van der Waals surface area contributed by atoms with Crippen LogP contribution in [-0.4, -0.2) is 35.2 Å². The Kier molecular flexibility index (Phi) is 3.54. The quantitative estimate of drug-likeness (QED) is 0.924. The van der Waals surface area contributed by atoms with Crippen molar-refractivity contribution in [2.24, 2.45) is 0 Å². The molecule has 3 rings (SSSR count). The second kappa shape index (κ2) is 5.50. The summed E-state index contributed by atoms with van der Waals surface area (Å²) in [5.74, 6) is -0.148. The zero-order valence-corrected chi connectivity index (χ0v) is 12.2. The first-order valence-corrected chi connectivity index (χ1v) is 7.33. The summed E-state index contributed by atoms with van der Waals surface area (Å²) in [6.45, 7) is 3.39. The van der Waals surface area contributed by atoms with Gasteiger partial charge in [0.1, 0.15) is 5.01 Å². The lowest BCUT2D eigenvalue weighted by Crippen LogP contribution is -2.59. The summed E-state index contributed by atoms with van der Waals surface area (Å²) >= 11 is 1.55. The van der Waals surface area contributed by atoms with Crippen molar-refractivity contribution in [2.75, 3.05) is 18.0 Å². The van der Waals surface area contributed by atoms with Crippen molar-refractivity contribution in [1.29, 1.82) is 5.26 Å². The Morgan fingerprint density at radius 2 is 2.29 bits per heavy atom. The van der Waals surface area contributed by atoms with Crippen LogP contribution >= 0.6 is 11.3 Å². The molecule has 0 saturated carbocycles. The SMILES string of the molecule is Cc1nnc(N2CC(NC(=O)c3cccc(C#N)c3)C2)s1. The van der Waals surface area contributed by atoms with Crippen LogP contribution in [0.5, 0.6) is 0 Å². The highest BCUT2D eigenvalue weighted by Gasteiger charge is 2.30. The lowest BCUT2D eigenvalue weighted by molar-refractivity contribution is 0.0930. The van der Waals surface area contributed by atoms with Crippen molar-refractivity contribution in [3.63, 3.8) is 0 Å². The van der Waals surface area contributed by atoms with Crippen molar-refractivity contribution in [1.82, 2.24) is 15.5 Å². The summed E-state index contributed by atoms with van der Waals surface area (Å²) in [4.78, 5) is 14.2. The van der Waals surface area contributed by atoms with Crippen LogP contribution in [0, 0.1) is 18.3 Å². The number of anilines is 1. The Morgan fingerprint density at radius 3 is 2.95 bits per heavy atom. The molecule has 1 amide bonds. The van der Waals surface area contributed by atoms with Crippen LogP contribution in [0.2, 0.25) is 0 Å². The molecule has 1 aromatic carbocycles. The zero-order valence-electron chi connectivity index (χ0n) is 11.4. The van der Waals surface area contributed by atoms with Crippen LogP contribution in [0.1, 0.15) is 20.9 Å². The Bertz CT molecular complexity index is 714. The van der Waals surface area contributed by atoms with Crippen LogP contribution < -0.4 is 10.2 Å². The number of rotatable bonds is 3. The number of nitrogens with one attached hydrogen (secondary N) is 1. The van der Waals surface area contributed by atoms with Gasteiger partial charge in [-0.25, -0.2) is 0 Å². The van der Waals surface area contributed by atoms with E-state index < -0.39 is 0 Å². The Morgan fingerprint density at radius 1 is 1.48 bits per heavy atom. The van der Waals surface area contributed by atoms with Gasteiger partial charge in [-0.2, -0.15) is 5.26 Å². The lowest BCUT2D eigenvalue weighted by Gasteiger charge is -2.39. The van der Waals surface area contributed by atoms with Gasteiger partial charge in [-0.15, -0.1) is 10.2 Å². The average Bonchev–Trinajstić information content (AvgIpc) is 2.88. The summed E-state index contributed by atoms with van der Waals surface area (Å²) in [5, 5.41) is 21.7. The number of carbonyl (C=O) groups is 1. The molecule has 1 aromatic heterocycles. The van der Waals surface area contributed by atoms with E-state index in [4.69, 9.17) is 5.26 Å². The standard InChI is InChI=1S/C14H13N5OS/c1-9-17-18-14(21-9)19-7-12(8-19)16-13(20)11-4-2-3-10(5-11)6-15/h2-5,12H,7-8H2,1H3,(H,16,20). The molecule has 0 unspecified atom stereocenters.